The third-order valence-corrected chi connectivity index (χ3v) is 9.97. The number of rotatable bonds is 5. The molecule has 0 saturated carbocycles. The van der Waals surface area contributed by atoms with Gasteiger partial charge < -0.3 is 29.6 Å². The van der Waals surface area contributed by atoms with Gasteiger partial charge in [-0.2, -0.15) is 0 Å². The fourth-order valence-corrected chi connectivity index (χ4v) is 6.95. The van der Waals surface area contributed by atoms with Crippen LogP contribution >= 0.6 is 0 Å². The molecule has 3 aliphatic rings. The SMILES string of the molecule is C#CC1CN(C(=O)OC(C)(C)C)C1.C=CC(=O)N1CCC(N2CC(C#Cc3c(-c4ccc(Oc5ccccc5)c(C)c4)c4c(N)ncnc4n3C)C2)CC1. The molecule has 0 aliphatic carbocycles. The molecule has 0 radical (unpaired) electrons. The highest BCUT2D eigenvalue weighted by Gasteiger charge is 2.34. The first-order valence-electron chi connectivity index (χ1n) is 18.4. The lowest BCUT2D eigenvalue weighted by atomic mass is 9.93. The molecular formula is C43H49N7O4. The van der Waals surface area contributed by atoms with Crippen LogP contribution in [0, 0.1) is 42.9 Å². The molecule has 3 fully saturated rings. The average Bonchev–Trinajstić information content (AvgIpc) is 3.40. The highest BCUT2D eigenvalue weighted by atomic mass is 16.6. The van der Waals surface area contributed by atoms with E-state index in [2.05, 4.69) is 45.3 Å². The van der Waals surface area contributed by atoms with Gasteiger partial charge in [0, 0.05) is 63.8 Å². The second kappa shape index (κ2) is 16.1. The number of amides is 2. The summed E-state index contributed by atoms with van der Waals surface area (Å²) in [6.07, 6.45) is 9.82. The highest BCUT2D eigenvalue weighted by Crippen LogP contribution is 2.38. The van der Waals surface area contributed by atoms with Gasteiger partial charge in [0.2, 0.25) is 5.91 Å². The predicted molar refractivity (Wildman–Crippen MR) is 211 cm³/mol. The fourth-order valence-electron chi connectivity index (χ4n) is 6.95. The van der Waals surface area contributed by atoms with E-state index in [-0.39, 0.29) is 17.9 Å². The number of nitrogens with zero attached hydrogens (tertiary/aromatic N) is 6. The van der Waals surface area contributed by atoms with Crippen LogP contribution in [-0.4, -0.2) is 92.1 Å². The summed E-state index contributed by atoms with van der Waals surface area (Å²) in [5, 5.41) is 0.812. The van der Waals surface area contributed by atoms with Crippen molar-refractivity contribution < 1.29 is 19.1 Å². The largest absolute Gasteiger partial charge is 0.457 e. The maximum absolute atomic E-state index is 11.9. The third kappa shape index (κ3) is 8.54. The lowest BCUT2D eigenvalue weighted by molar-refractivity contribution is -0.127. The zero-order chi connectivity index (χ0) is 38.6. The Balaban J connectivity index is 0.000000325. The van der Waals surface area contributed by atoms with E-state index in [9.17, 15) is 9.59 Å². The van der Waals surface area contributed by atoms with Crippen molar-refractivity contribution in [1.82, 2.24) is 29.2 Å². The van der Waals surface area contributed by atoms with E-state index in [1.807, 2.05) is 86.7 Å². The molecule has 0 spiro atoms. The Labute approximate surface area is 318 Å². The van der Waals surface area contributed by atoms with Gasteiger partial charge in [-0.15, -0.1) is 6.42 Å². The van der Waals surface area contributed by atoms with E-state index in [1.165, 1.54) is 12.4 Å². The number of nitrogen functional groups attached to an aromatic ring is 1. The molecule has 2 aromatic heterocycles. The predicted octanol–water partition coefficient (Wildman–Crippen LogP) is 6.27. The molecule has 3 aliphatic heterocycles. The zero-order valence-electron chi connectivity index (χ0n) is 31.8. The normalized spacial score (nSPS) is 16.5. The molecule has 7 rings (SSSR count). The topological polar surface area (TPSA) is 119 Å². The number of nitrogens with two attached hydrogens (primary N) is 1. The van der Waals surface area contributed by atoms with E-state index >= 15 is 0 Å². The monoisotopic (exact) mass is 727 g/mol. The van der Waals surface area contributed by atoms with Gasteiger partial charge >= 0.3 is 6.09 Å². The number of anilines is 1. The van der Waals surface area contributed by atoms with Crippen LogP contribution in [0.5, 0.6) is 11.5 Å². The molecule has 0 bridgehead atoms. The first-order chi connectivity index (χ1) is 25.8. The number of fused-ring (bicyclic) bond motifs is 1. The number of benzene rings is 2. The number of piperidine rings is 1. The number of hydrogen-bond acceptors (Lipinski definition) is 8. The Hall–Kier alpha value is -5.78. The summed E-state index contributed by atoms with van der Waals surface area (Å²) in [5.74, 6) is 12.2. The van der Waals surface area contributed by atoms with Crippen molar-refractivity contribution in [3.8, 4) is 46.8 Å². The summed E-state index contributed by atoms with van der Waals surface area (Å²) in [6.45, 7) is 15.9. The van der Waals surface area contributed by atoms with E-state index < -0.39 is 5.60 Å². The number of aromatic nitrogens is 3. The third-order valence-electron chi connectivity index (χ3n) is 9.97. The minimum absolute atomic E-state index is 0.0282. The van der Waals surface area contributed by atoms with Crippen molar-refractivity contribution in [2.75, 3.05) is 45.0 Å². The molecule has 11 nitrogen and oxygen atoms in total. The van der Waals surface area contributed by atoms with Gasteiger partial charge in [-0.25, -0.2) is 14.8 Å². The molecule has 2 amide bonds. The molecule has 2 N–H and O–H groups in total. The van der Waals surface area contributed by atoms with Gasteiger partial charge in [0.15, 0.2) is 0 Å². The van der Waals surface area contributed by atoms with Gasteiger partial charge in [-0.1, -0.05) is 42.7 Å². The number of para-hydroxylation sites is 1. The molecule has 11 heteroatoms. The number of ether oxygens (including phenoxy) is 2. The standard InChI is InChI=1S/C33H34N6O2.C10H15NO2/c1-4-29(40)38-16-14-25(15-17-38)39-19-23(20-39)10-12-27-30(31-32(34)35-21-36-33(31)37(27)3)24-11-13-28(22(2)18-24)41-26-8-6-5-7-9-26;1-5-8-6-11(7-8)9(12)13-10(2,3)4/h4-9,11,13,18,21,23,25H,1,14-17,19-20H2,2-3H3,(H2,34,35,36);1,8H,6-7H2,2-4H3. The number of carbonyl (C=O) groups is 2. The van der Waals surface area contributed by atoms with Crippen LogP contribution in [0.25, 0.3) is 22.2 Å². The van der Waals surface area contributed by atoms with E-state index in [0.717, 1.165) is 83.9 Å². The van der Waals surface area contributed by atoms with Crippen LogP contribution in [0.2, 0.25) is 0 Å². The molecule has 54 heavy (non-hydrogen) atoms. The Kier molecular flexibility index (Phi) is 11.3. The fraction of sp³-hybridized carbons (Fsp3) is 0.395. The van der Waals surface area contributed by atoms with Crippen molar-refractivity contribution in [3.05, 3.63) is 78.8 Å². The second-order valence-corrected chi connectivity index (χ2v) is 15.1. The second-order valence-electron chi connectivity index (χ2n) is 15.1. The van der Waals surface area contributed by atoms with Crippen molar-refractivity contribution >= 4 is 28.9 Å². The molecule has 0 atom stereocenters. The van der Waals surface area contributed by atoms with Gasteiger partial charge in [0.1, 0.15) is 40.6 Å². The van der Waals surface area contributed by atoms with Crippen molar-refractivity contribution in [1.29, 1.82) is 0 Å². The Morgan fingerprint density at radius 3 is 2.33 bits per heavy atom. The van der Waals surface area contributed by atoms with Gasteiger partial charge in [-0.05, 0) is 87.9 Å². The Morgan fingerprint density at radius 1 is 1.00 bits per heavy atom. The minimum Gasteiger partial charge on any atom is -0.457 e. The summed E-state index contributed by atoms with van der Waals surface area (Å²) < 4.78 is 13.3. The van der Waals surface area contributed by atoms with Gasteiger partial charge in [0.25, 0.3) is 0 Å². The highest BCUT2D eigenvalue weighted by molar-refractivity contribution is 6.03. The summed E-state index contributed by atoms with van der Waals surface area (Å²) in [7, 11) is 1.98. The number of aryl methyl sites for hydroxylation is 2. The summed E-state index contributed by atoms with van der Waals surface area (Å²) in [5.41, 5.74) is 10.6. The maximum Gasteiger partial charge on any atom is 0.410 e. The first kappa shape index (κ1) is 38.0. The number of terminal acetylenes is 1. The number of likely N-dealkylation sites (tertiary alicyclic amines) is 3. The van der Waals surface area contributed by atoms with Crippen LogP contribution in [0.3, 0.4) is 0 Å². The molecule has 4 aromatic rings. The summed E-state index contributed by atoms with van der Waals surface area (Å²) >= 11 is 0. The van der Waals surface area contributed by atoms with Crippen molar-refractivity contribution in [3.63, 3.8) is 0 Å². The lowest BCUT2D eigenvalue weighted by Gasteiger charge is -2.45. The molecule has 2 aromatic carbocycles. The molecule has 280 valence electrons. The molecule has 3 saturated heterocycles. The first-order valence-corrected chi connectivity index (χ1v) is 18.4. The van der Waals surface area contributed by atoms with Gasteiger partial charge in [-0.3, -0.25) is 9.69 Å². The van der Waals surface area contributed by atoms with Crippen LogP contribution in [0.4, 0.5) is 10.6 Å². The van der Waals surface area contributed by atoms with Crippen LogP contribution in [-0.2, 0) is 16.6 Å². The molecule has 5 heterocycles. The Bertz CT molecular complexity index is 2120. The quantitative estimate of drug-likeness (QED) is 0.189. The van der Waals surface area contributed by atoms with E-state index in [4.69, 9.17) is 21.6 Å². The van der Waals surface area contributed by atoms with Crippen LogP contribution in [0.1, 0.15) is 44.9 Å². The lowest BCUT2D eigenvalue weighted by Crippen LogP contribution is -2.55. The van der Waals surface area contributed by atoms with E-state index in [0.29, 0.717) is 30.9 Å². The summed E-state index contributed by atoms with van der Waals surface area (Å²) in [6, 6.07) is 16.4. The number of hydrogen-bond donors (Lipinski definition) is 1. The maximum atomic E-state index is 11.9. The van der Waals surface area contributed by atoms with Crippen LogP contribution in [0.15, 0.2) is 67.5 Å². The molecular weight excluding hydrogens is 679 g/mol. The number of carbonyl (C=O) groups excluding carboxylic acids is 2. The van der Waals surface area contributed by atoms with Crippen molar-refractivity contribution in [2.45, 2.75) is 52.2 Å². The van der Waals surface area contributed by atoms with Crippen LogP contribution < -0.4 is 10.5 Å². The summed E-state index contributed by atoms with van der Waals surface area (Å²) in [4.78, 5) is 38.1. The van der Waals surface area contributed by atoms with E-state index in [1.54, 1.807) is 4.90 Å². The average molecular weight is 728 g/mol. The smallest absolute Gasteiger partial charge is 0.410 e. The van der Waals surface area contributed by atoms with Crippen molar-refractivity contribution in [2.24, 2.45) is 18.9 Å². The molecule has 0 unspecified atom stereocenters. The van der Waals surface area contributed by atoms with Gasteiger partial charge in [0.05, 0.1) is 11.3 Å². The Morgan fingerprint density at radius 2 is 1.70 bits per heavy atom. The minimum atomic E-state index is -0.418. The zero-order valence-corrected chi connectivity index (χ0v) is 31.8.